The lowest BCUT2D eigenvalue weighted by Gasteiger charge is -1.98. The van der Waals surface area contributed by atoms with Gasteiger partial charge in [0.15, 0.2) is 0 Å². The van der Waals surface area contributed by atoms with E-state index in [0.717, 1.165) is 0 Å². The number of halogens is 1. The molecule has 3 nitrogen and oxygen atoms in total. The molecule has 0 fully saturated rings. The summed E-state index contributed by atoms with van der Waals surface area (Å²) in [5.74, 6) is 0. The number of hydrogen-bond donors (Lipinski definition) is 1. The van der Waals surface area contributed by atoms with E-state index in [1.165, 1.54) is 6.20 Å². The van der Waals surface area contributed by atoms with Crippen molar-refractivity contribution in [3.63, 3.8) is 0 Å². The fourth-order valence-corrected chi connectivity index (χ4v) is 1.50. The number of fused-ring (bicyclic) bond motifs is 1. The number of pyridine rings is 1. The quantitative estimate of drug-likeness (QED) is 0.714. The van der Waals surface area contributed by atoms with E-state index in [0.29, 0.717) is 21.4 Å². The predicted molar refractivity (Wildman–Crippen MR) is 54.3 cm³/mol. The van der Waals surface area contributed by atoms with Crippen molar-refractivity contribution in [3.8, 4) is 6.07 Å². The maximum absolute atomic E-state index is 11.4. The number of rotatable bonds is 0. The van der Waals surface area contributed by atoms with E-state index >= 15 is 0 Å². The number of hydrogen-bond acceptors (Lipinski definition) is 2. The van der Waals surface area contributed by atoms with E-state index in [1.54, 1.807) is 18.2 Å². The molecule has 0 saturated carbocycles. The number of benzene rings is 1. The average Bonchev–Trinajstić information content (AvgIpc) is 2.19. The molecule has 2 rings (SSSR count). The Bertz CT molecular complexity index is 595. The Hall–Kier alpha value is -1.79. The van der Waals surface area contributed by atoms with E-state index < -0.39 is 0 Å². The summed E-state index contributed by atoms with van der Waals surface area (Å²) >= 11 is 5.75. The van der Waals surface area contributed by atoms with Crippen LogP contribution in [0.5, 0.6) is 0 Å². The minimum atomic E-state index is -0.235. The van der Waals surface area contributed by atoms with E-state index in [2.05, 4.69) is 4.98 Å². The van der Waals surface area contributed by atoms with Crippen LogP contribution >= 0.6 is 11.6 Å². The summed E-state index contributed by atoms with van der Waals surface area (Å²) < 4.78 is 0. The molecule has 0 radical (unpaired) electrons. The third kappa shape index (κ3) is 1.26. The number of aromatic nitrogens is 1. The number of nitrogens with zero attached hydrogens (tertiary/aromatic N) is 1. The van der Waals surface area contributed by atoms with Crippen LogP contribution in [0.25, 0.3) is 10.8 Å². The highest BCUT2D eigenvalue weighted by molar-refractivity contribution is 6.31. The zero-order valence-corrected chi connectivity index (χ0v) is 7.80. The molecule has 2 aromatic rings. The molecule has 0 amide bonds. The average molecular weight is 205 g/mol. The molecule has 0 aliphatic rings. The van der Waals surface area contributed by atoms with Crippen molar-refractivity contribution in [1.82, 2.24) is 4.98 Å². The third-order valence-electron chi connectivity index (χ3n) is 1.98. The molecule has 0 unspecified atom stereocenters. The number of aromatic amines is 1. The Labute approximate surface area is 84.6 Å². The molecule has 1 aromatic heterocycles. The van der Waals surface area contributed by atoms with Gasteiger partial charge >= 0.3 is 0 Å². The fourth-order valence-electron chi connectivity index (χ4n) is 1.32. The van der Waals surface area contributed by atoms with Crippen LogP contribution in [0, 0.1) is 11.3 Å². The van der Waals surface area contributed by atoms with Crippen molar-refractivity contribution in [2.75, 3.05) is 0 Å². The van der Waals surface area contributed by atoms with Gasteiger partial charge in [0.05, 0.1) is 5.56 Å². The van der Waals surface area contributed by atoms with Gasteiger partial charge in [0.25, 0.3) is 5.56 Å². The van der Waals surface area contributed by atoms with Crippen LogP contribution in [-0.4, -0.2) is 4.98 Å². The number of nitrogens with one attached hydrogen (secondary N) is 1. The van der Waals surface area contributed by atoms with Gasteiger partial charge in [-0.15, -0.1) is 0 Å². The smallest absolute Gasteiger partial charge is 0.255 e. The van der Waals surface area contributed by atoms with Gasteiger partial charge in [-0.25, -0.2) is 0 Å². The summed E-state index contributed by atoms with van der Waals surface area (Å²) in [7, 11) is 0. The van der Waals surface area contributed by atoms with Crippen LogP contribution in [0.1, 0.15) is 5.56 Å². The monoisotopic (exact) mass is 204 g/mol. The summed E-state index contributed by atoms with van der Waals surface area (Å²) in [5.41, 5.74) is 0.206. The van der Waals surface area contributed by atoms with Gasteiger partial charge in [-0.05, 0) is 12.1 Å². The molecular weight excluding hydrogens is 200 g/mol. The van der Waals surface area contributed by atoms with Gasteiger partial charge in [0, 0.05) is 22.0 Å². The first kappa shape index (κ1) is 8.79. The molecule has 0 atom stereocenters. The summed E-state index contributed by atoms with van der Waals surface area (Å²) in [6, 6.07) is 6.88. The lowest BCUT2D eigenvalue weighted by atomic mass is 10.1. The minimum absolute atomic E-state index is 0.235. The van der Waals surface area contributed by atoms with Crippen LogP contribution in [0.15, 0.2) is 29.2 Å². The Morgan fingerprint density at radius 3 is 2.86 bits per heavy atom. The number of H-pyrrole nitrogens is 1. The largest absolute Gasteiger partial charge is 0.327 e. The molecule has 0 spiro atoms. The molecule has 1 aromatic carbocycles. The van der Waals surface area contributed by atoms with E-state index in [4.69, 9.17) is 16.9 Å². The maximum Gasteiger partial charge on any atom is 0.255 e. The first-order valence-corrected chi connectivity index (χ1v) is 4.31. The molecule has 0 aliphatic carbocycles. The van der Waals surface area contributed by atoms with Crippen molar-refractivity contribution < 1.29 is 0 Å². The molecule has 14 heavy (non-hydrogen) atoms. The Morgan fingerprint density at radius 1 is 1.36 bits per heavy atom. The Kier molecular flexibility index (Phi) is 1.99. The molecule has 0 bridgehead atoms. The maximum atomic E-state index is 11.4. The van der Waals surface area contributed by atoms with Gasteiger partial charge in [-0.1, -0.05) is 17.7 Å². The summed E-state index contributed by atoms with van der Waals surface area (Å²) in [6.07, 6.45) is 1.40. The second kappa shape index (κ2) is 3.17. The lowest BCUT2D eigenvalue weighted by molar-refractivity contribution is 1.26. The highest BCUT2D eigenvalue weighted by Crippen LogP contribution is 2.18. The van der Waals surface area contributed by atoms with Crippen molar-refractivity contribution >= 4 is 22.4 Å². The standard InChI is InChI=1S/C10H5ClN2O/c11-7-1-2-8-6(4-12)5-13-10(14)9(8)3-7/h1-3,5H,(H,13,14). The van der Waals surface area contributed by atoms with Crippen molar-refractivity contribution in [2.45, 2.75) is 0 Å². The SMILES string of the molecule is N#Cc1c[nH]c(=O)c2cc(Cl)ccc12. The molecule has 1 heterocycles. The zero-order chi connectivity index (χ0) is 10.1. The summed E-state index contributed by atoms with van der Waals surface area (Å²) in [5, 5.41) is 10.3. The van der Waals surface area contributed by atoms with Gasteiger partial charge in [-0.3, -0.25) is 4.79 Å². The van der Waals surface area contributed by atoms with E-state index in [1.807, 2.05) is 6.07 Å². The molecule has 68 valence electrons. The molecule has 1 N–H and O–H groups in total. The van der Waals surface area contributed by atoms with Gasteiger partial charge in [0.1, 0.15) is 6.07 Å². The third-order valence-corrected chi connectivity index (χ3v) is 2.22. The van der Waals surface area contributed by atoms with Crippen LogP contribution in [0.3, 0.4) is 0 Å². The van der Waals surface area contributed by atoms with Gasteiger partial charge < -0.3 is 4.98 Å². The fraction of sp³-hybridized carbons (Fsp3) is 0. The van der Waals surface area contributed by atoms with Crippen molar-refractivity contribution in [1.29, 1.82) is 5.26 Å². The first-order valence-electron chi connectivity index (χ1n) is 3.93. The Balaban J connectivity index is 3.01. The van der Waals surface area contributed by atoms with E-state index in [9.17, 15) is 4.79 Å². The van der Waals surface area contributed by atoms with E-state index in [-0.39, 0.29) is 5.56 Å². The van der Waals surface area contributed by atoms with Crippen molar-refractivity contribution in [2.24, 2.45) is 0 Å². The normalized spacial score (nSPS) is 10.0. The lowest BCUT2D eigenvalue weighted by Crippen LogP contribution is -2.05. The highest BCUT2D eigenvalue weighted by atomic mass is 35.5. The van der Waals surface area contributed by atoms with Crippen molar-refractivity contribution in [3.05, 3.63) is 45.3 Å². The summed E-state index contributed by atoms with van der Waals surface area (Å²) in [6.45, 7) is 0. The second-order valence-electron chi connectivity index (χ2n) is 2.83. The molecule has 0 aliphatic heterocycles. The molecule has 4 heteroatoms. The zero-order valence-electron chi connectivity index (χ0n) is 7.04. The van der Waals surface area contributed by atoms with Crippen LogP contribution in [-0.2, 0) is 0 Å². The number of nitriles is 1. The first-order chi connectivity index (χ1) is 6.72. The van der Waals surface area contributed by atoms with Crippen LogP contribution < -0.4 is 5.56 Å². The van der Waals surface area contributed by atoms with Gasteiger partial charge in [0.2, 0.25) is 0 Å². The highest BCUT2D eigenvalue weighted by Gasteiger charge is 2.03. The summed E-state index contributed by atoms with van der Waals surface area (Å²) in [4.78, 5) is 13.9. The van der Waals surface area contributed by atoms with Crippen LogP contribution in [0.4, 0.5) is 0 Å². The minimum Gasteiger partial charge on any atom is -0.327 e. The molecular formula is C10H5ClN2O. The van der Waals surface area contributed by atoms with Gasteiger partial charge in [-0.2, -0.15) is 5.26 Å². The van der Waals surface area contributed by atoms with Crippen LogP contribution in [0.2, 0.25) is 5.02 Å². The Morgan fingerprint density at radius 2 is 2.14 bits per heavy atom. The molecule has 0 saturated heterocycles. The topological polar surface area (TPSA) is 56.6 Å². The predicted octanol–water partition coefficient (Wildman–Crippen LogP) is 2.05. The second-order valence-corrected chi connectivity index (χ2v) is 3.27.